The van der Waals surface area contributed by atoms with Crippen molar-refractivity contribution >= 4 is 21.4 Å². The summed E-state index contributed by atoms with van der Waals surface area (Å²) in [5.74, 6) is -0.184. The third kappa shape index (κ3) is 2.19. The lowest BCUT2D eigenvalue weighted by atomic mass is 10.1. The van der Waals surface area contributed by atoms with Gasteiger partial charge in [-0.1, -0.05) is 13.3 Å². The van der Waals surface area contributed by atoms with Gasteiger partial charge in [0.2, 0.25) is 0 Å². The van der Waals surface area contributed by atoms with Crippen LogP contribution in [0, 0.1) is 5.82 Å². The molecular weight excluding hydrogens is 209 g/mol. The second kappa shape index (κ2) is 4.29. The van der Waals surface area contributed by atoms with Crippen molar-refractivity contribution < 1.29 is 4.39 Å². The maximum Gasteiger partial charge on any atom is 0.123 e. The molecule has 0 radical (unpaired) electrons. The minimum absolute atomic E-state index is 0.0930. The number of hydrogen-bond acceptors (Lipinski definition) is 2. The quantitative estimate of drug-likeness (QED) is 0.840. The summed E-state index contributed by atoms with van der Waals surface area (Å²) in [5.41, 5.74) is 6.02. The molecule has 1 heterocycles. The van der Waals surface area contributed by atoms with E-state index in [1.165, 1.54) is 6.07 Å². The van der Waals surface area contributed by atoms with Gasteiger partial charge in [-0.2, -0.15) is 0 Å². The van der Waals surface area contributed by atoms with E-state index in [1.54, 1.807) is 17.4 Å². The smallest absolute Gasteiger partial charge is 0.123 e. The van der Waals surface area contributed by atoms with E-state index in [0.717, 1.165) is 27.8 Å². The number of halogens is 1. The molecule has 0 saturated carbocycles. The fraction of sp³-hybridized carbons (Fsp3) is 0.333. The molecule has 0 spiro atoms. The van der Waals surface area contributed by atoms with Crippen molar-refractivity contribution in [3.8, 4) is 0 Å². The Hall–Kier alpha value is -0.930. The lowest BCUT2D eigenvalue weighted by Crippen LogP contribution is -2.07. The molecule has 3 heteroatoms. The Morgan fingerprint density at radius 3 is 2.93 bits per heavy atom. The van der Waals surface area contributed by atoms with Crippen molar-refractivity contribution in [2.45, 2.75) is 25.8 Å². The standard InChI is InChI=1S/C12H14FNS/c1-2-3-10(14)12-7-8-6-9(13)4-5-11(8)15-12/h4-7,10H,2-3,14H2,1H3. The maximum atomic E-state index is 13.0. The van der Waals surface area contributed by atoms with E-state index in [2.05, 4.69) is 6.92 Å². The Balaban J connectivity index is 2.38. The van der Waals surface area contributed by atoms with Crippen LogP contribution in [0.25, 0.3) is 10.1 Å². The van der Waals surface area contributed by atoms with Gasteiger partial charge in [-0.15, -0.1) is 11.3 Å². The van der Waals surface area contributed by atoms with Crippen LogP contribution in [0.3, 0.4) is 0 Å². The molecule has 2 rings (SSSR count). The predicted molar refractivity (Wildman–Crippen MR) is 63.6 cm³/mol. The fourth-order valence-corrected chi connectivity index (χ4v) is 2.75. The lowest BCUT2D eigenvalue weighted by Gasteiger charge is -2.05. The van der Waals surface area contributed by atoms with E-state index in [1.807, 2.05) is 12.1 Å². The Labute approximate surface area is 92.7 Å². The van der Waals surface area contributed by atoms with Gasteiger partial charge in [0.15, 0.2) is 0 Å². The van der Waals surface area contributed by atoms with Crippen molar-refractivity contribution in [3.63, 3.8) is 0 Å². The Morgan fingerprint density at radius 1 is 1.40 bits per heavy atom. The molecule has 0 aliphatic rings. The first-order valence-electron chi connectivity index (χ1n) is 5.15. The van der Waals surface area contributed by atoms with Gasteiger partial charge in [0.1, 0.15) is 5.82 Å². The minimum atomic E-state index is -0.184. The normalized spacial score (nSPS) is 13.3. The molecule has 2 N–H and O–H groups in total. The first-order valence-corrected chi connectivity index (χ1v) is 5.97. The fourth-order valence-electron chi connectivity index (χ4n) is 1.67. The monoisotopic (exact) mass is 223 g/mol. The molecule has 1 unspecified atom stereocenters. The van der Waals surface area contributed by atoms with Gasteiger partial charge in [0.05, 0.1) is 0 Å². The molecule has 0 aliphatic heterocycles. The molecule has 1 atom stereocenters. The summed E-state index contributed by atoms with van der Waals surface area (Å²) in [4.78, 5) is 1.15. The van der Waals surface area contributed by atoms with Gasteiger partial charge < -0.3 is 5.73 Å². The summed E-state index contributed by atoms with van der Waals surface area (Å²) >= 11 is 1.66. The van der Waals surface area contributed by atoms with Crippen LogP contribution < -0.4 is 5.73 Å². The average Bonchev–Trinajstić information content (AvgIpc) is 2.60. The molecule has 0 aliphatic carbocycles. The summed E-state index contributed by atoms with van der Waals surface area (Å²) in [6, 6.07) is 6.97. The number of benzene rings is 1. The Morgan fingerprint density at radius 2 is 2.20 bits per heavy atom. The first kappa shape index (κ1) is 10.6. The summed E-state index contributed by atoms with van der Waals surface area (Å²) in [6.45, 7) is 2.12. The largest absolute Gasteiger partial charge is 0.323 e. The van der Waals surface area contributed by atoms with Crippen LogP contribution in [0.4, 0.5) is 4.39 Å². The van der Waals surface area contributed by atoms with E-state index in [0.29, 0.717) is 0 Å². The highest BCUT2D eigenvalue weighted by Crippen LogP contribution is 2.30. The number of rotatable bonds is 3. The highest BCUT2D eigenvalue weighted by molar-refractivity contribution is 7.19. The summed E-state index contributed by atoms with van der Waals surface area (Å²) < 4.78 is 14.1. The number of nitrogens with two attached hydrogens (primary N) is 1. The second-order valence-electron chi connectivity index (χ2n) is 3.73. The minimum Gasteiger partial charge on any atom is -0.323 e. The Bertz CT molecular complexity index is 464. The molecule has 1 aromatic heterocycles. The van der Waals surface area contributed by atoms with Crippen LogP contribution in [0.15, 0.2) is 24.3 Å². The van der Waals surface area contributed by atoms with Crippen molar-refractivity contribution in [2.75, 3.05) is 0 Å². The third-order valence-electron chi connectivity index (χ3n) is 2.46. The highest BCUT2D eigenvalue weighted by atomic mass is 32.1. The van der Waals surface area contributed by atoms with Crippen LogP contribution in [-0.4, -0.2) is 0 Å². The van der Waals surface area contributed by atoms with Gasteiger partial charge in [-0.05, 0) is 36.1 Å². The van der Waals surface area contributed by atoms with Gasteiger partial charge in [0, 0.05) is 15.6 Å². The molecule has 0 bridgehead atoms. The zero-order chi connectivity index (χ0) is 10.8. The van der Waals surface area contributed by atoms with E-state index in [-0.39, 0.29) is 11.9 Å². The van der Waals surface area contributed by atoms with Gasteiger partial charge in [0.25, 0.3) is 0 Å². The zero-order valence-corrected chi connectivity index (χ0v) is 9.48. The van der Waals surface area contributed by atoms with Crippen LogP contribution in [0.1, 0.15) is 30.7 Å². The molecule has 0 saturated heterocycles. The molecule has 0 fully saturated rings. The number of fused-ring (bicyclic) bond motifs is 1. The summed E-state index contributed by atoms with van der Waals surface area (Å²) in [6.07, 6.45) is 2.05. The molecule has 80 valence electrons. The maximum absolute atomic E-state index is 13.0. The summed E-state index contributed by atoms with van der Waals surface area (Å²) in [5, 5.41) is 0.960. The van der Waals surface area contributed by atoms with E-state index in [9.17, 15) is 4.39 Å². The number of hydrogen-bond donors (Lipinski definition) is 1. The predicted octanol–water partition coefficient (Wildman–Crippen LogP) is 3.84. The van der Waals surface area contributed by atoms with Gasteiger partial charge >= 0.3 is 0 Å². The van der Waals surface area contributed by atoms with Crippen LogP contribution in [0.5, 0.6) is 0 Å². The molecule has 2 aromatic rings. The molecule has 0 amide bonds. The third-order valence-corrected chi connectivity index (χ3v) is 3.71. The van der Waals surface area contributed by atoms with Crippen molar-refractivity contribution in [2.24, 2.45) is 5.73 Å². The first-order chi connectivity index (χ1) is 7.20. The Kier molecular flexibility index (Phi) is 3.03. The molecular formula is C12H14FNS. The second-order valence-corrected chi connectivity index (χ2v) is 4.84. The van der Waals surface area contributed by atoms with Crippen molar-refractivity contribution in [1.29, 1.82) is 0 Å². The molecule has 1 aromatic carbocycles. The van der Waals surface area contributed by atoms with Crippen LogP contribution >= 0.6 is 11.3 Å². The average molecular weight is 223 g/mol. The van der Waals surface area contributed by atoms with Gasteiger partial charge in [-0.25, -0.2) is 4.39 Å². The molecule has 1 nitrogen and oxygen atoms in total. The highest BCUT2D eigenvalue weighted by Gasteiger charge is 2.09. The topological polar surface area (TPSA) is 26.0 Å². The van der Waals surface area contributed by atoms with Gasteiger partial charge in [-0.3, -0.25) is 0 Å². The van der Waals surface area contributed by atoms with Crippen LogP contribution in [-0.2, 0) is 0 Å². The number of thiophene rings is 1. The summed E-state index contributed by atoms with van der Waals surface area (Å²) in [7, 11) is 0. The zero-order valence-electron chi connectivity index (χ0n) is 8.66. The van der Waals surface area contributed by atoms with Crippen molar-refractivity contribution in [1.82, 2.24) is 0 Å². The van der Waals surface area contributed by atoms with Crippen molar-refractivity contribution in [3.05, 3.63) is 35.0 Å². The SMILES string of the molecule is CCCC(N)c1cc2cc(F)ccc2s1. The van der Waals surface area contributed by atoms with E-state index >= 15 is 0 Å². The molecule has 15 heavy (non-hydrogen) atoms. The van der Waals surface area contributed by atoms with Crippen LogP contribution in [0.2, 0.25) is 0 Å². The lowest BCUT2D eigenvalue weighted by molar-refractivity contribution is 0.629. The van der Waals surface area contributed by atoms with E-state index < -0.39 is 0 Å². The van der Waals surface area contributed by atoms with E-state index in [4.69, 9.17) is 5.73 Å².